The Kier molecular flexibility index (Phi) is 6.59. The summed E-state index contributed by atoms with van der Waals surface area (Å²) < 4.78 is 25.8. The summed E-state index contributed by atoms with van der Waals surface area (Å²) in [6, 6.07) is 9.94. The van der Waals surface area contributed by atoms with E-state index in [2.05, 4.69) is 0 Å². The van der Waals surface area contributed by atoms with E-state index in [0.717, 1.165) is 18.4 Å². The predicted molar refractivity (Wildman–Crippen MR) is 91.6 cm³/mol. The average Bonchev–Trinajstić information content (AvgIpc) is 2.59. The van der Waals surface area contributed by atoms with Crippen molar-refractivity contribution in [2.24, 2.45) is 0 Å². The lowest BCUT2D eigenvalue weighted by Gasteiger charge is -2.34. The maximum atomic E-state index is 12.3. The largest absolute Gasteiger partial charge is 0.340 e. The quantitative estimate of drug-likeness (QED) is 0.763. The smallest absolute Gasteiger partial charge is 0.222 e. The van der Waals surface area contributed by atoms with Crippen LogP contribution in [0.1, 0.15) is 31.7 Å². The summed E-state index contributed by atoms with van der Waals surface area (Å²) in [5.41, 5.74) is 1.15. The molecule has 1 amide bonds. The predicted octanol–water partition coefficient (Wildman–Crippen LogP) is 1.89. The lowest BCUT2D eigenvalue weighted by Crippen LogP contribution is -2.51. The van der Waals surface area contributed by atoms with Gasteiger partial charge in [-0.2, -0.15) is 4.31 Å². The van der Waals surface area contributed by atoms with Gasteiger partial charge in [-0.05, 0) is 18.4 Å². The molecule has 0 spiro atoms. The second kappa shape index (κ2) is 8.45. The van der Waals surface area contributed by atoms with Gasteiger partial charge in [0.05, 0.1) is 5.75 Å². The molecule has 128 valence electrons. The third-order valence-corrected chi connectivity index (χ3v) is 6.17. The Morgan fingerprint density at radius 3 is 2.35 bits per heavy atom. The van der Waals surface area contributed by atoms with Crippen LogP contribution in [0.2, 0.25) is 0 Å². The lowest BCUT2D eigenvalue weighted by atomic mass is 10.1. The Bertz CT molecular complexity index is 594. The molecular weight excluding hydrogens is 312 g/mol. The number of unbranched alkanes of at least 4 members (excludes halogenated alkanes) is 1. The molecule has 1 heterocycles. The van der Waals surface area contributed by atoms with Crippen LogP contribution in [0.15, 0.2) is 30.3 Å². The van der Waals surface area contributed by atoms with Gasteiger partial charge in [-0.25, -0.2) is 8.42 Å². The van der Waals surface area contributed by atoms with E-state index in [9.17, 15) is 13.2 Å². The zero-order chi connectivity index (χ0) is 16.7. The number of aryl methyl sites for hydroxylation is 1. The molecule has 1 aromatic carbocycles. The van der Waals surface area contributed by atoms with Gasteiger partial charge in [0.25, 0.3) is 0 Å². The molecule has 2 rings (SSSR count). The van der Waals surface area contributed by atoms with E-state index in [1.807, 2.05) is 37.3 Å². The fourth-order valence-electron chi connectivity index (χ4n) is 2.73. The van der Waals surface area contributed by atoms with Crippen molar-refractivity contribution in [1.82, 2.24) is 9.21 Å². The van der Waals surface area contributed by atoms with E-state index in [0.29, 0.717) is 39.0 Å². The van der Waals surface area contributed by atoms with E-state index in [4.69, 9.17) is 0 Å². The Hall–Kier alpha value is -1.40. The van der Waals surface area contributed by atoms with Crippen molar-refractivity contribution in [3.05, 3.63) is 35.9 Å². The van der Waals surface area contributed by atoms with E-state index in [1.54, 1.807) is 4.90 Å². The maximum absolute atomic E-state index is 12.3. The highest BCUT2D eigenvalue weighted by molar-refractivity contribution is 7.89. The fourth-order valence-corrected chi connectivity index (χ4v) is 4.36. The molecule has 6 heteroatoms. The first-order valence-electron chi connectivity index (χ1n) is 8.32. The highest BCUT2D eigenvalue weighted by Crippen LogP contribution is 2.12. The molecule has 1 aliphatic heterocycles. The number of nitrogens with zero attached hydrogens (tertiary/aromatic N) is 2. The summed E-state index contributed by atoms with van der Waals surface area (Å²) in [5, 5.41) is 0. The van der Waals surface area contributed by atoms with Crippen LogP contribution in [-0.2, 0) is 21.2 Å². The van der Waals surface area contributed by atoms with E-state index in [-0.39, 0.29) is 11.7 Å². The van der Waals surface area contributed by atoms with Gasteiger partial charge in [-0.15, -0.1) is 0 Å². The number of carbonyl (C=O) groups excluding carboxylic acids is 1. The minimum Gasteiger partial charge on any atom is -0.340 e. The number of hydrogen-bond donors (Lipinski definition) is 0. The Labute approximate surface area is 139 Å². The molecule has 1 fully saturated rings. The first-order chi connectivity index (χ1) is 11.0. The molecule has 23 heavy (non-hydrogen) atoms. The molecule has 0 bridgehead atoms. The molecule has 1 aliphatic rings. The summed E-state index contributed by atoms with van der Waals surface area (Å²) in [6.07, 6.45) is 2.77. The van der Waals surface area contributed by atoms with Gasteiger partial charge >= 0.3 is 0 Å². The van der Waals surface area contributed by atoms with E-state index >= 15 is 0 Å². The standard InChI is InChI=1S/C17H26N2O3S/c1-2-3-15-23(21,22)19-13-11-18(12-14-19)17(20)10-9-16-7-5-4-6-8-16/h4-8H,2-3,9-15H2,1H3. The molecule has 0 aromatic heterocycles. The van der Waals surface area contributed by atoms with Gasteiger partial charge in [0.2, 0.25) is 15.9 Å². The Morgan fingerprint density at radius 2 is 1.74 bits per heavy atom. The van der Waals surface area contributed by atoms with Crippen LogP contribution in [0.5, 0.6) is 0 Å². The third kappa shape index (κ3) is 5.32. The van der Waals surface area contributed by atoms with Gasteiger partial charge < -0.3 is 4.90 Å². The summed E-state index contributed by atoms with van der Waals surface area (Å²) in [7, 11) is -3.15. The second-order valence-corrected chi connectivity index (χ2v) is 8.02. The summed E-state index contributed by atoms with van der Waals surface area (Å²) in [4.78, 5) is 14.0. The van der Waals surface area contributed by atoms with Crippen molar-refractivity contribution >= 4 is 15.9 Å². The number of benzene rings is 1. The van der Waals surface area contributed by atoms with E-state index in [1.165, 1.54) is 4.31 Å². The number of hydrogen-bond acceptors (Lipinski definition) is 3. The minimum absolute atomic E-state index is 0.111. The van der Waals surface area contributed by atoms with Crippen molar-refractivity contribution < 1.29 is 13.2 Å². The highest BCUT2D eigenvalue weighted by Gasteiger charge is 2.28. The van der Waals surface area contributed by atoms with Crippen molar-refractivity contribution in [2.45, 2.75) is 32.6 Å². The zero-order valence-corrected chi connectivity index (χ0v) is 14.6. The van der Waals surface area contributed by atoms with Gasteiger partial charge in [0.15, 0.2) is 0 Å². The molecule has 0 saturated carbocycles. The first kappa shape index (κ1) is 17.9. The molecule has 1 aromatic rings. The monoisotopic (exact) mass is 338 g/mol. The topological polar surface area (TPSA) is 57.7 Å². The molecule has 0 atom stereocenters. The molecule has 0 N–H and O–H groups in total. The molecule has 0 radical (unpaired) electrons. The molecule has 0 aliphatic carbocycles. The first-order valence-corrected chi connectivity index (χ1v) is 9.93. The van der Waals surface area contributed by atoms with Crippen molar-refractivity contribution in [3.8, 4) is 0 Å². The van der Waals surface area contributed by atoms with Crippen LogP contribution >= 0.6 is 0 Å². The Morgan fingerprint density at radius 1 is 1.09 bits per heavy atom. The second-order valence-electron chi connectivity index (χ2n) is 5.93. The fraction of sp³-hybridized carbons (Fsp3) is 0.588. The SMILES string of the molecule is CCCCS(=O)(=O)N1CCN(C(=O)CCc2ccccc2)CC1. The molecule has 1 saturated heterocycles. The highest BCUT2D eigenvalue weighted by atomic mass is 32.2. The zero-order valence-electron chi connectivity index (χ0n) is 13.8. The summed E-state index contributed by atoms with van der Waals surface area (Å²) in [6.45, 7) is 3.82. The third-order valence-electron chi connectivity index (χ3n) is 4.21. The number of piperazine rings is 1. The van der Waals surface area contributed by atoms with Crippen LogP contribution in [-0.4, -0.2) is 55.5 Å². The van der Waals surface area contributed by atoms with Crippen molar-refractivity contribution in [2.75, 3.05) is 31.9 Å². The molecule has 5 nitrogen and oxygen atoms in total. The van der Waals surface area contributed by atoms with Crippen LogP contribution in [0.4, 0.5) is 0 Å². The van der Waals surface area contributed by atoms with Crippen molar-refractivity contribution in [3.63, 3.8) is 0 Å². The normalized spacial score (nSPS) is 16.5. The van der Waals surface area contributed by atoms with Crippen LogP contribution in [0, 0.1) is 0 Å². The van der Waals surface area contributed by atoms with Crippen LogP contribution in [0.25, 0.3) is 0 Å². The lowest BCUT2D eigenvalue weighted by molar-refractivity contribution is -0.132. The number of sulfonamides is 1. The number of amides is 1. The Balaban J connectivity index is 1.78. The number of carbonyl (C=O) groups is 1. The van der Waals surface area contributed by atoms with Crippen molar-refractivity contribution in [1.29, 1.82) is 0 Å². The summed E-state index contributed by atoms with van der Waals surface area (Å²) >= 11 is 0. The number of rotatable bonds is 7. The molecular formula is C17H26N2O3S. The van der Waals surface area contributed by atoms with Gasteiger partial charge in [0, 0.05) is 32.6 Å². The minimum atomic E-state index is -3.15. The maximum Gasteiger partial charge on any atom is 0.222 e. The van der Waals surface area contributed by atoms with Crippen LogP contribution in [0.3, 0.4) is 0 Å². The van der Waals surface area contributed by atoms with E-state index < -0.39 is 10.0 Å². The van der Waals surface area contributed by atoms with Gasteiger partial charge in [0.1, 0.15) is 0 Å². The average molecular weight is 338 g/mol. The van der Waals surface area contributed by atoms with Gasteiger partial charge in [-0.3, -0.25) is 4.79 Å². The van der Waals surface area contributed by atoms with Gasteiger partial charge in [-0.1, -0.05) is 43.7 Å². The molecule has 0 unspecified atom stereocenters. The summed E-state index contributed by atoms with van der Waals surface area (Å²) in [5.74, 6) is 0.324. The van der Waals surface area contributed by atoms with Crippen LogP contribution < -0.4 is 0 Å².